The first kappa shape index (κ1) is 17.4. The van der Waals surface area contributed by atoms with E-state index < -0.39 is 34.9 Å². The van der Waals surface area contributed by atoms with Crippen LogP contribution in [0.15, 0.2) is 17.0 Å². The molecular formula is C12H15F3N2O3S. The Kier molecular flexibility index (Phi) is 5.00. The molecule has 0 aliphatic rings. The fraction of sp³-hybridized carbons (Fsp3) is 0.417. The van der Waals surface area contributed by atoms with Gasteiger partial charge in [-0.05, 0) is 37.1 Å². The number of halogens is 3. The van der Waals surface area contributed by atoms with Gasteiger partial charge in [0, 0.05) is 12.1 Å². The Labute approximate surface area is 120 Å². The Morgan fingerprint density at radius 2 is 1.86 bits per heavy atom. The Hall–Kier alpha value is -1.61. The quantitative estimate of drug-likeness (QED) is 0.890. The SMILES string of the molecule is Cc1cc(S(N)(=O)=O)cc(NC(=O)CCC(F)(F)F)c1C. The van der Waals surface area contributed by atoms with Gasteiger partial charge >= 0.3 is 6.18 Å². The van der Waals surface area contributed by atoms with Crippen molar-refractivity contribution >= 4 is 21.6 Å². The first-order chi connectivity index (χ1) is 9.40. The number of carbonyl (C=O) groups is 1. The highest BCUT2D eigenvalue weighted by atomic mass is 32.2. The molecule has 0 atom stereocenters. The molecule has 0 saturated carbocycles. The number of primary sulfonamides is 1. The van der Waals surface area contributed by atoms with Crippen LogP contribution in [0, 0.1) is 13.8 Å². The summed E-state index contributed by atoms with van der Waals surface area (Å²) in [5, 5.41) is 7.28. The molecule has 0 radical (unpaired) electrons. The highest BCUT2D eigenvalue weighted by molar-refractivity contribution is 7.89. The van der Waals surface area contributed by atoms with Crippen LogP contribution in [0.1, 0.15) is 24.0 Å². The van der Waals surface area contributed by atoms with Crippen molar-refractivity contribution in [3.63, 3.8) is 0 Å². The fourth-order valence-electron chi connectivity index (χ4n) is 1.59. The molecule has 0 fully saturated rings. The van der Waals surface area contributed by atoms with Crippen molar-refractivity contribution in [1.29, 1.82) is 0 Å². The van der Waals surface area contributed by atoms with E-state index in [4.69, 9.17) is 5.14 Å². The largest absolute Gasteiger partial charge is 0.389 e. The molecule has 0 saturated heterocycles. The summed E-state index contributed by atoms with van der Waals surface area (Å²) >= 11 is 0. The zero-order valence-electron chi connectivity index (χ0n) is 11.4. The third kappa shape index (κ3) is 5.35. The first-order valence-corrected chi connectivity index (χ1v) is 7.45. The number of rotatable bonds is 4. The van der Waals surface area contributed by atoms with Crippen molar-refractivity contribution in [2.75, 3.05) is 5.32 Å². The molecule has 1 aromatic rings. The second-order valence-electron chi connectivity index (χ2n) is 4.62. The van der Waals surface area contributed by atoms with Crippen molar-refractivity contribution in [3.05, 3.63) is 23.3 Å². The van der Waals surface area contributed by atoms with Crippen LogP contribution in [0.4, 0.5) is 18.9 Å². The lowest BCUT2D eigenvalue weighted by molar-refractivity contribution is -0.142. The molecule has 9 heteroatoms. The highest BCUT2D eigenvalue weighted by Gasteiger charge is 2.28. The van der Waals surface area contributed by atoms with Crippen LogP contribution in [0.25, 0.3) is 0 Å². The predicted molar refractivity (Wildman–Crippen MR) is 71.2 cm³/mol. The van der Waals surface area contributed by atoms with Gasteiger partial charge < -0.3 is 5.32 Å². The number of carbonyl (C=O) groups excluding carboxylic acids is 1. The summed E-state index contributed by atoms with van der Waals surface area (Å²) < 4.78 is 58.7. The summed E-state index contributed by atoms with van der Waals surface area (Å²) in [7, 11) is -3.97. The summed E-state index contributed by atoms with van der Waals surface area (Å²) in [6, 6.07) is 2.46. The molecule has 1 amide bonds. The molecule has 0 bridgehead atoms. The molecule has 118 valence electrons. The number of amides is 1. The summed E-state index contributed by atoms with van der Waals surface area (Å²) in [5.74, 6) is -0.846. The summed E-state index contributed by atoms with van der Waals surface area (Å²) in [6.07, 6.45) is -6.40. The highest BCUT2D eigenvalue weighted by Crippen LogP contribution is 2.25. The number of sulfonamides is 1. The molecule has 0 aliphatic carbocycles. The van der Waals surface area contributed by atoms with Gasteiger partial charge in [0.25, 0.3) is 0 Å². The number of anilines is 1. The Morgan fingerprint density at radius 1 is 1.29 bits per heavy atom. The van der Waals surface area contributed by atoms with Gasteiger partial charge in [-0.3, -0.25) is 4.79 Å². The molecule has 3 N–H and O–H groups in total. The van der Waals surface area contributed by atoms with E-state index in [-0.39, 0.29) is 10.6 Å². The number of nitrogens with two attached hydrogens (primary N) is 1. The predicted octanol–water partition coefficient (Wildman–Crippen LogP) is 2.23. The minimum Gasteiger partial charge on any atom is -0.326 e. The van der Waals surface area contributed by atoms with E-state index in [9.17, 15) is 26.4 Å². The van der Waals surface area contributed by atoms with Gasteiger partial charge in [-0.15, -0.1) is 0 Å². The maximum Gasteiger partial charge on any atom is 0.389 e. The number of aryl methyl sites for hydroxylation is 1. The molecule has 5 nitrogen and oxygen atoms in total. The Bertz CT molecular complexity index is 654. The van der Waals surface area contributed by atoms with Crippen LogP contribution in [0.3, 0.4) is 0 Å². The van der Waals surface area contributed by atoms with Gasteiger partial charge in [-0.25, -0.2) is 13.6 Å². The van der Waals surface area contributed by atoms with E-state index in [1.54, 1.807) is 13.8 Å². The van der Waals surface area contributed by atoms with Crippen molar-refractivity contribution in [2.24, 2.45) is 5.14 Å². The molecule has 0 spiro atoms. The lowest BCUT2D eigenvalue weighted by Gasteiger charge is -2.13. The molecule has 21 heavy (non-hydrogen) atoms. The van der Waals surface area contributed by atoms with Gasteiger partial charge in [-0.1, -0.05) is 0 Å². The van der Waals surface area contributed by atoms with E-state index in [2.05, 4.69) is 5.32 Å². The number of alkyl halides is 3. The van der Waals surface area contributed by atoms with Crippen molar-refractivity contribution in [3.8, 4) is 0 Å². The van der Waals surface area contributed by atoms with Crippen LogP contribution in [-0.2, 0) is 14.8 Å². The zero-order valence-corrected chi connectivity index (χ0v) is 12.2. The summed E-state index contributed by atoms with van der Waals surface area (Å²) in [6.45, 7) is 3.22. The van der Waals surface area contributed by atoms with Crippen LogP contribution in [-0.4, -0.2) is 20.5 Å². The van der Waals surface area contributed by atoms with Crippen molar-refractivity contribution < 1.29 is 26.4 Å². The van der Waals surface area contributed by atoms with E-state index in [1.807, 2.05) is 0 Å². The number of nitrogens with one attached hydrogen (secondary N) is 1. The Morgan fingerprint density at radius 3 is 2.33 bits per heavy atom. The average molecular weight is 324 g/mol. The summed E-state index contributed by atoms with van der Waals surface area (Å²) in [4.78, 5) is 11.3. The molecular weight excluding hydrogens is 309 g/mol. The van der Waals surface area contributed by atoms with E-state index in [1.165, 1.54) is 6.07 Å². The number of hydrogen-bond acceptors (Lipinski definition) is 3. The molecule has 0 unspecified atom stereocenters. The van der Waals surface area contributed by atoms with E-state index in [0.717, 1.165) is 6.07 Å². The van der Waals surface area contributed by atoms with Crippen LogP contribution in [0.5, 0.6) is 0 Å². The minimum absolute atomic E-state index is 0.131. The number of hydrogen-bond donors (Lipinski definition) is 2. The smallest absolute Gasteiger partial charge is 0.326 e. The third-order valence-electron chi connectivity index (χ3n) is 2.88. The van der Waals surface area contributed by atoms with E-state index in [0.29, 0.717) is 11.1 Å². The molecule has 0 aliphatic heterocycles. The lowest BCUT2D eigenvalue weighted by Crippen LogP contribution is -2.18. The van der Waals surface area contributed by atoms with Crippen LogP contribution >= 0.6 is 0 Å². The maximum atomic E-state index is 12.0. The van der Waals surface area contributed by atoms with Gasteiger partial charge in [0.1, 0.15) is 0 Å². The first-order valence-electron chi connectivity index (χ1n) is 5.91. The van der Waals surface area contributed by atoms with Crippen molar-refractivity contribution in [1.82, 2.24) is 0 Å². The molecule has 1 rings (SSSR count). The van der Waals surface area contributed by atoms with Crippen molar-refractivity contribution in [2.45, 2.75) is 37.8 Å². The average Bonchev–Trinajstić information content (AvgIpc) is 2.30. The second-order valence-corrected chi connectivity index (χ2v) is 6.18. The van der Waals surface area contributed by atoms with Gasteiger partial charge in [0.15, 0.2) is 0 Å². The molecule has 0 aromatic heterocycles. The topological polar surface area (TPSA) is 89.3 Å². The normalized spacial score (nSPS) is 12.3. The monoisotopic (exact) mass is 324 g/mol. The second kappa shape index (κ2) is 6.02. The maximum absolute atomic E-state index is 12.0. The van der Waals surface area contributed by atoms with Gasteiger partial charge in [0.05, 0.1) is 11.3 Å². The minimum atomic E-state index is -4.43. The zero-order chi connectivity index (χ0) is 16.4. The van der Waals surface area contributed by atoms with Crippen LogP contribution in [0.2, 0.25) is 0 Å². The third-order valence-corrected chi connectivity index (χ3v) is 3.77. The van der Waals surface area contributed by atoms with E-state index >= 15 is 0 Å². The standard InChI is InChI=1S/C12H15F3N2O3S/c1-7-5-9(21(16,19)20)6-10(8(7)2)17-11(18)3-4-12(13,14)15/h5-6H,3-4H2,1-2H3,(H,17,18)(H2,16,19,20). The number of benzene rings is 1. The van der Waals surface area contributed by atoms with Gasteiger partial charge in [-0.2, -0.15) is 13.2 Å². The molecule has 1 aromatic carbocycles. The van der Waals surface area contributed by atoms with Crippen LogP contribution < -0.4 is 10.5 Å². The fourth-order valence-corrected chi connectivity index (χ4v) is 2.21. The van der Waals surface area contributed by atoms with Gasteiger partial charge in [0.2, 0.25) is 15.9 Å². The summed E-state index contributed by atoms with van der Waals surface area (Å²) in [5.41, 5.74) is 1.24. The Balaban J connectivity index is 2.98. The lowest BCUT2D eigenvalue weighted by atomic mass is 10.1. The molecule has 0 heterocycles.